The number of anilines is 1. The van der Waals surface area contributed by atoms with Crippen molar-refractivity contribution >= 4 is 28.3 Å². The number of piperazine rings is 1. The Labute approximate surface area is 239 Å². The summed E-state index contributed by atoms with van der Waals surface area (Å²) in [7, 11) is 0. The Hall–Kier alpha value is -4.03. The van der Waals surface area contributed by atoms with Gasteiger partial charge in [0.2, 0.25) is 5.91 Å². The van der Waals surface area contributed by atoms with Gasteiger partial charge in [0, 0.05) is 68.7 Å². The van der Waals surface area contributed by atoms with Gasteiger partial charge in [0.15, 0.2) is 5.13 Å². The number of carbonyl (C=O) groups is 2. The Balaban J connectivity index is 1.43. The number of benzene rings is 1. The molecule has 0 spiro atoms. The van der Waals surface area contributed by atoms with E-state index >= 15 is 8.78 Å². The summed E-state index contributed by atoms with van der Waals surface area (Å²) in [5.41, 5.74) is 3.12. The number of pyridine rings is 1. The van der Waals surface area contributed by atoms with Crippen molar-refractivity contribution in [1.29, 1.82) is 0 Å². The molecule has 1 N–H and O–H groups in total. The van der Waals surface area contributed by atoms with Crippen LogP contribution < -0.4 is 5.32 Å². The molecule has 12 heteroatoms. The van der Waals surface area contributed by atoms with Crippen molar-refractivity contribution in [3.63, 3.8) is 0 Å². The number of halogens is 2. The van der Waals surface area contributed by atoms with Crippen LogP contribution in [0.25, 0.3) is 27.5 Å². The van der Waals surface area contributed by atoms with E-state index in [0.29, 0.717) is 61.6 Å². The molecule has 6 rings (SSSR count). The maximum atomic E-state index is 15.9. The first-order chi connectivity index (χ1) is 19.7. The highest BCUT2D eigenvalue weighted by Gasteiger charge is 2.32. The van der Waals surface area contributed by atoms with Gasteiger partial charge in [-0.3, -0.25) is 19.5 Å². The summed E-state index contributed by atoms with van der Waals surface area (Å²) in [4.78, 5) is 38.2. The summed E-state index contributed by atoms with van der Waals surface area (Å²) >= 11 is 1.26. The SMILES string of the molecule is CC(=O)Nc1nc2c(s1)-c1c(c(-c3cccnc3)nn1-c1cc(F)c(C(=O)N3CCN(C(C)C)CC3)cc1F)CC2. The molecule has 0 bridgehead atoms. The number of hydrogen-bond donors (Lipinski definition) is 1. The van der Waals surface area contributed by atoms with Crippen molar-refractivity contribution in [3.05, 3.63) is 65.1 Å². The zero-order valence-corrected chi connectivity index (χ0v) is 23.8. The van der Waals surface area contributed by atoms with E-state index in [1.165, 1.54) is 22.9 Å². The Morgan fingerprint density at radius 1 is 1.07 bits per heavy atom. The summed E-state index contributed by atoms with van der Waals surface area (Å²) in [6.45, 7) is 7.85. The van der Waals surface area contributed by atoms with Crippen molar-refractivity contribution in [3.8, 4) is 27.5 Å². The minimum Gasteiger partial charge on any atom is -0.336 e. The van der Waals surface area contributed by atoms with Crippen LogP contribution in [0.3, 0.4) is 0 Å². The Bertz CT molecular complexity index is 1640. The van der Waals surface area contributed by atoms with E-state index in [9.17, 15) is 9.59 Å². The maximum Gasteiger partial charge on any atom is 0.257 e. The molecule has 1 aromatic carbocycles. The number of amides is 2. The second-order valence-corrected chi connectivity index (χ2v) is 11.5. The van der Waals surface area contributed by atoms with E-state index < -0.39 is 17.5 Å². The highest BCUT2D eigenvalue weighted by molar-refractivity contribution is 7.19. The topological polar surface area (TPSA) is 96.2 Å². The number of nitrogens with zero attached hydrogens (tertiary/aromatic N) is 6. The average molecular weight is 578 g/mol. The zero-order valence-electron chi connectivity index (χ0n) is 22.9. The van der Waals surface area contributed by atoms with Crippen molar-refractivity contribution in [2.75, 3.05) is 31.5 Å². The molecule has 4 heterocycles. The van der Waals surface area contributed by atoms with Gasteiger partial charge in [-0.2, -0.15) is 5.10 Å². The van der Waals surface area contributed by atoms with Crippen LogP contribution in [0.5, 0.6) is 0 Å². The summed E-state index contributed by atoms with van der Waals surface area (Å²) in [5, 5.41) is 7.90. The third kappa shape index (κ3) is 5.02. The Kier molecular flexibility index (Phi) is 7.12. The van der Waals surface area contributed by atoms with E-state index in [2.05, 4.69) is 34.0 Å². The van der Waals surface area contributed by atoms with Crippen molar-refractivity contribution in [2.24, 2.45) is 0 Å². The van der Waals surface area contributed by atoms with Crippen LogP contribution in [-0.2, 0) is 17.6 Å². The van der Waals surface area contributed by atoms with Gasteiger partial charge in [0.05, 0.1) is 27.5 Å². The van der Waals surface area contributed by atoms with E-state index in [1.54, 1.807) is 23.4 Å². The van der Waals surface area contributed by atoms with Gasteiger partial charge in [-0.25, -0.2) is 18.4 Å². The van der Waals surface area contributed by atoms with Crippen molar-refractivity contribution < 1.29 is 18.4 Å². The van der Waals surface area contributed by atoms with Crippen molar-refractivity contribution in [1.82, 2.24) is 29.5 Å². The number of carbonyl (C=O) groups excluding carboxylic acids is 2. The summed E-state index contributed by atoms with van der Waals surface area (Å²) in [6.07, 6.45) is 4.50. The molecule has 4 aromatic rings. The summed E-state index contributed by atoms with van der Waals surface area (Å²) < 4.78 is 32.8. The molecule has 212 valence electrons. The second-order valence-electron chi connectivity index (χ2n) is 10.5. The third-order valence-corrected chi connectivity index (χ3v) is 8.57. The standard InChI is InChI=1S/C29H29F2N7O2S/c1-16(2)36-9-11-37(12-10-36)28(40)20-13-22(31)24(14-21(20)30)38-26-19(25(35-38)18-5-4-8-32-15-18)6-7-23-27(26)41-29(34-23)33-17(3)39/h4-5,8,13-16H,6-7,9-12H2,1-3H3,(H,33,34,39). The monoisotopic (exact) mass is 577 g/mol. The van der Waals surface area contributed by atoms with Gasteiger partial charge in [-0.05, 0) is 44.9 Å². The maximum absolute atomic E-state index is 15.9. The normalized spacial score (nSPS) is 15.1. The highest BCUT2D eigenvalue weighted by atomic mass is 32.1. The van der Waals surface area contributed by atoms with E-state index in [-0.39, 0.29) is 17.2 Å². The number of nitrogens with one attached hydrogen (secondary N) is 1. The number of thiazole rings is 1. The number of aryl methyl sites for hydroxylation is 1. The molecule has 1 aliphatic heterocycles. The van der Waals surface area contributed by atoms with Gasteiger partial charge in [0.25, 0.3) is 5.91 Å². The molecule has 0 unspecified atom stereocenters. The van der Waals surface area contributed by atoms with Crippen LogP contribution in [0.15, 0.2) is 36.7 Å². The van der Waals surface area contributed by atoms with Crippen LogP contribution in [0.1, 0.15) is 42.4 Å². The summed E-state index contributed by atoms with van der Waals surface area (Å²) in [5.74, 6) is -2.36. The number of hydrogen-bond acceptors (Lipinski definition) is 7. The second kappa shape index (κ2) is 10.7. The molecule has 41 heavy (non-hydrogen) atoms. The van der Waals surface area contributed by atoms with Crippen LogP contribution in [0.2, 0.25) is 0 Å². The van der Waals surface area contributed by atoms with E-state index in [0.717, 1.165) is 33.8 Å². The lowest BCUT2D eigenvalue weighted by atomic mass is 9.95. The lowest BCUT2D eigenvalue weighted by Crippen LogP contribution is -2.50. The molecule has 3 aromatic heterocycles. The Morgan fingerprint density at radius 3 is 2.54 bits per heavy atom. The minimum absolute atomic E-state index is 0.114. The summed E-state index contributed by atoms with van der Waals surface area (Å²) in [6, 6.07) is 6.02. The van der Waals surface area contributed by atoms with Crippen LogP contribution in [-0.4, -0.2) is 73.6 Å². The molecule has 1 fully saturated rings. The number of rotatable bonds is 5. The Morgan fingerprint density at radius 2 is 1.85 bits per heavy atom. The van der Waals surface area contributed by atoms with Crippen molar-refractivity contribution in [2.45, 2.75) is 39.7 Å². The molecule has 0 radical (unpaired) electrons. The fourth-order valence-electron chi connectivity index (χ4n) is 5.46. The first kappa shape index (κ1) is 27.2. The highest BCUT2D eigenvalue weighted by Crippen LogP contribution is 2.44. The van der Waals surface area contributed by atoms with Gasteiger partial charge in [0.1, 0.15) is 17.3 Å². The van der Waals surface area contributed by atoms with Crippen LogP contribution >= 0.6 is 11.3 Å². The molecule has 0 saturated carbocycles. The number of fused-ring (bicyclic) bond motifs is 3. The van der Waals surface area contributed by atoms with E-state index in [1.807, 2.05) is 6.07 Å². The fraction of sp³-hybridized carbons (Fsp3) is 0.345. The molecule has 1 saturated heterocycles. The lowest BCUT2D eigenvalue weighted by Gasteiger charge is -2.37. The largest absolute Gasteiger partial charge is 0.336 e. The lowest BCUT2D eigenvalue weighted by molar-refractivity contribution is -0.114. The predicted octanol–water partition coefficient (Wildman–Crippen LogP) is 4.56. The molecule has 2 amide bonds. The minimum atomic E-state index is -0.816. The smallest absolute Gasteiger partial charge is 0.257 e. The van der Waals surface area contributed by atoms with Gasteiger partial charge < -0.3 is 10.2 Å². The number of aromatic nitrogens is 4. The molecular weight excluding hydrogens is 548 g/mol. The quantitative estimate of drug-likeness (QED) is 0.374. The van der Waals surface area contributed by atoms with Gasteiger partial charge >= 0.3 is 0 Å². The molecule has 9 nitrogen and oxygen atoms in total. The van der Waals surface area contributed by atoms with E-state index in [4.69, 9.17) is 5.10 Å². The molecule has 1 aliphatic carbocycles. The van der Waals surface area contributed by atoms with Gasteiger partial charge in [-0.1, -0.05) is 11.3 Å². The average Bonchev–Trinajstić information content (AvgIpc) is 3.55. The first-order valence-electron chi connectivity index (χ1n) is 13.5. The zero-order chi connectivity index (χ0) is 28.8. The van der Waals surface area contributed by atoms with Crippen LogP contribution in [0, 0.1) is 11.6 Å². The van der Waals surface area contributed by atoms with Crippen LogP contribution in [0.4, 0.5) is 13.9 Å². The predicted molar refractivity (Wildman–Crippen MR) is 152 cm³/mol. The van der Waals surface area contributed by atoms with Gasteiger partial charge in [-0.15, -0.1) is 0 Å². The molecule has 2 aliphatic rings. The third-order valence-electron chi connectivity index (χ3n) is 7.55. The fourth-order valence-corrected chi connectivity index (χ4v) is 6.57. The molecular formula is C29H29F2N7O2S. The molecule has 0 atom stereocenters. The first-order valence-corrected chi connectivity index (χ1v) is 14.4.